The van der Waals surface area contributed by atoms with E-state index in [1.54, 1.807) is 29.2 Å². The molecule has 0 aromatic carbocycles. The van der Waals surface area contributed by atoms with Gasteiger partial charge in [-0.05, 0) is 24.6 Å². The van der Waals surface area contributed by atoms with Gasteiger partial charge in [-0.2, -0.15) is 5.10 Å². The van der Waals surface area contributed by atoms with Crippen molar-refractivity contribution in [3.05, 3.63) is 54.0 Å². The summed E-state index contributed by atoms with van der Waals surface area (Å²) >= 11 is 0. The molecule has 128 valence electrons. The smallest absolute Gasteiger partial charge is 0.253 e. The van der Waals surface area contributed by atoms with Crippen LogP contribution in [-0.4, -0.2) is 41.5 Å². The van der Waals surface area contributed by atoms with Gasteiger partial charge in [0.05, 0.1) is 5.56 Å². The summed E-state index contributed by atoms with van der Waals surface area (Å²) < 4.78 is 3.77. The summed E-state index contributed by atoms with van der Waals surface area (Å²) in [5.41, 5.74) is 0.543. The summed E-state index contributed by atoms with van der Waals surface area (Å²) in [6, 6.07) is 5.46. The lowest BCUT2D eigenvalue weighted by atomic mass is 10.1. The van der Waals surface area contributed by atoms with Crippen LogP contribution < -0.4 is 5.32 Å². The van der Waals surface area contributed by atoms with E-state index in [1.165, 1.54) is 0 Å². The number of carbonyl (C=O) groups is 1. The molecular weight excluding hydrogens is 318 g/mol. The molecule has 1 atom stereocenters. The summed E-state index contributed by atoms with van der Waals surface area (Å²) in [6.07, 6.45) is 7.62. The van der Waals surface area contributed by atoms with Crippen LogP contribution in [0.25, 0.3) is 5.82 Å². The first-order valence-corrected chi connectivity index (χ1v) is 8.42. The van der Waals surface area contributed by atoms with Crippen LogP contribution in [-0.2, 0) is 19.4 Å². The molecule has 0 fully saturated rings. The lowest BCUT2D eigenvalue weighted by Crippen LogP contribution is -2.41. The third-order valence-electron chi connectivity index (χ3n) is 4.42. The highest BCUT2D eigenvalue weighted by Crippen LogP contribution is 2.16. The minimum absolute atomic E-state index is 0.0760. The summed E-state index contributed by atoms with van der Waals surface area (Å²) in [5, 5.41) is 15.6. The SMILES string of the molecule is CCc1nnc2n1C[C@H](NC(=O)c1ccc(-n3cccn3)nc1)CC2. The Hall–Kier alpha value is -3.03. The second kappa shape index (κ2) is 6.46. The van der Waals surface area contributed by atoms with Gasteiger partial charge in [0.25, 0.3) is 5.91 Å². The van der Waals surface area contributed by atoms with E-state index in [0.29, 0.717) is 11.4 Å². The Balaban J connectivity index is 1.44. The average Bonchev–Trinajstić information content (AvgIpc) is 3.31. The zero-order valence-corrected chi connectivity index (χ0v) is 14.0. The lowest BCUT2D eigenvalue weighted by Gasteiger charge is -2.25. The molecule has 1 N–H and O–H groups in total. The molecule has 3 aromatic rings. The summed E-state index contributed by atoms with van der Waals surface area (Å²) in [7, 11) is 0. The molecule has 0 aliphatic carbocycles. The molecule has 8 heteroatoms. The lowest BCUT2D eigenvalue weighted by molar-refractivity contribution is 0.0927. The van der Waals surface area contributed by atoms with Gasteiger partial charge in [0.2, 0.25) is 0 Å². The molecule has 0 bridgehead atoms. The highest BCUT2D eigenvalue weighted by atomic mass is 16.1. The fourth-order valence-corrected chi connectivity index (χ4v) is 3.09. The molecule has 8 nitrogen and oxygen atoms in total. The fraction of sp³-hybridized carbons (Fsp3) is 0.353. The largest absolute Gasteiger partial charge is 0.347 e. The van der Waals surface area contributed by atoms with Crippen molar-refractivity contribution in [2.45, 2.75) is 38.8 Å². The Morgan fingerprint density at radius 1 is 1.36 bits per heavy atom. The second-order valence-corrected chi connectivity index (χ2v) is 6.06. The minimum Gasteiger partial charge on any atom is -0.347 e. The van der Waals surface area contributed by atoms with E-state index in [-0.39, 0.29) is 11.9 Å². The monoisotopic (exact) mass is 337 g/mol. The number of pyridine rings is 1. The number of fused-ring (bicyclic) bond motifs is 1. The van der Waals surface area contributed by atoms with E-state index in [1.807, 2.05) is 12.3 Å². The third-order valence-corrected chi connectivity index (χ3v) is 4.42. The van der Waals surface area contributed by atoms with Gasteiger partial charge in [-0.3, -0.25) is 4.79 Å². The maximum atomic E-state index is 12.5. The van der Waals surface area contributed by atoms with Crippen molar-refractivity contribution < 1.29 is 4.79 Å². The van der Waals surface area contributed by atoms with Crippen LogP contribution in [0.1, 0.15) is 35.4 Å². The molecule has 0 unspecified atom stereocenters. The molecule has 25 heavy (non-hydrogen) atoms. The number of aryl methyl sites for hydroxylation is 2. The van der Waals surface area contributed by atoms with Crippen LogP contribution in [0.15, 0.2) is 36.8 Å². The molecule has 1 aliphatic rings. The highest BCUT2D eigenvalue weighted by molar-refractivity contribution is 5.94. The Labute approximate surface area is 144 Å². The predicted octanol–water partition coefficient (Wildman–Crippen LogP) is 1.17. The van der Waals surface area contributed by atoms with Crippen molar-refractivity contribution in [2.24, 2.45) is 0 Å². The number of amides is 1. The van der Waals surface area contributed by atoms with Gasteiger partial charge in [-0.15, -0.1) is 10.2 Å². The predicted molar refractivity (Wildman–Crippen MR) is 90.3 cm³/mol. The minimum atomic E-state index is -0.112. The Bertz CT molecular complexity index is 854. The summed E-state index contributed by atoms with van der Waals surface area (Å²) in [4.78, 5) is 16.8. The molecule has 3 aromatic heterocycles. The van der Waals surface area contributed by atoms with Crippen molar-refractivity contribution in [2.75, 3.05) is 0 Å². The normalized spacial score (nSPS) is 16.4. The number of hydrogen-bond acceptors (Lipinski definition) is 5. The van der Waals surface area contributed by atoms with E-state index < -0.39 is 0 Å². The third kappa shape index (κ3) is 3.02. The molecule has 4 heterocycles. The van der Waals surface area contributed by atoms with Gasteiger partial charge in [0, 0.05) is 44.0 Å². The molecule has 0 radical (unpaired) electrons. The van der Waals surface area contributed by atoms with E-state index in [2.05, 4.69) is 37.1 Å². The molecule has 0 saturated heterocycles. The number of nitrogens with zero attached hydrogens (tertiary/aromatic N) is 6. The number of carbonyl (C=O) groups excluding carboxylic acids is 1. The van der Waals surface area contributed by atoms with Crippen molar-refractivity contribution in [3.8, 4) is 5.82 Å². The Morgan fingerprint density at radius 3 is 3.00 bits per heavy atom. The van der Waals surface area contributed by atoms with Crippen LogP contribution in [0.5, 0.6) is 0 Å². The van der Waals surface area contributed by atoms with Crippen molar-refractivity contribution in [1.82, 2.24) is 34.8 Å². The van der Waals surface area contributed by atoms with Crippen molar-refractivity contribution in [1.29, 1.82) is 0 Å². The summed E-state index contributed by atoms with van der Waals surface area (Å²) in [5.74, 6) is 2.55. The molecule has 0 saturated carbocycles. The summed E-state index contributed by atoms with van der Waals surface area (Å²) in [6.45, 7) is 2.78. The van der Waals surface area contributed by atoms with Crippen LogP contribution in [0.3, 0.4) is 0 Å². The van der Waals surface area contributed by atoms with Crippen molar-refractivity contribution >= 4 is 5.91 Å². The van der Waals surface area contributed by atoms with Gasteiger partial charge in [0.15, 0.2) is 5.82 Å². The molecule has 4 rings (SSSR count). The highest BCUT2D eigenvalue weighted by Gasteiger charge is 2.23. The maximum Gasteiger partial charge on any atom is 0.253 e. The zero-order chi connectivity index (χ0) is 17.2. The number of rotatable bonds is 4. The maximum absolute atomic E-state index is 12.5. The fourth-order valence-electron chi connectivity index (χ4n) is 3.09. The van der Waals surface area contributed by atoms with Gasteiger partial charge in [-0.25, -0.2) is 9.67 Å². The van der Waals surface area contributed by atoms with Gasteiger partial charge in [-0.1, -0.05) is 6.92 Å². The van der Waals surface area contributed by atoms with Crippen molar-refractivity contribution in [3.63, 3.8) is 0 Å². The van der Waals surface area contributed by atoms with E-state index in [9.17, 15) is 4.79 Å². The second-order valence-electron chi connectivity index (χ2n) is 6.06. The number of hydrogen-bond donors (Lipinski definition) is 1. The Kier molecular flexibility index (Phi) is 4.01. The first-order chi connectivity index (χ1) is 12.2. The molecule has 1 amide bonds. The molecular formula is C17H19N7O. The van der Waals surface area contributed by atoms with E-state index in [0.717, 1.165) is 37.5 Å². The molecule has 0 spiro atoms. The number of nitrogens with one attached hydrogen (secondary N) is 1. The standard InChI is InChI=1S/C17H19N7O/c1-2-14-21-22-16-7-5-13(11-23(14)16)20-17(25)12-4-6-15(18-10-12)24-9-3-8-19-24/h3-4,6,8-10,13H,2,5,7,11H2,1H3,(H,20,25)/t13-/m1/s1. The van der Waals surface area contributed by atoms with Crippen LogP contribution in [0, 0.1) is 0 Å². The van der Waals surface area contributed by atoms with Gasteiger partial charge >= 0.3 is 0 Å². The van der Waals surface area contributed by atoms with Gasteiger partial charge < -0.3 is 9.88 Å². The molecule has 1 aliphatic heterocycles. The Morgan fingerprint density at radius 2 is 2.28 bits per heavy atom. The van der Waals surface area contributed by atoms with Crippen LogP contribution in [0.2, 0.25) is 0 Å². The topological polar surface area (TPSA) is 90.5 Å². The van der Waals surface area contributed by atoms with Gasteiger partial charge in [0.1, 0.15) is 11.6 Å². The first kappa shape index (κ1) is 15.5. The quantitative estimate of drug-likeness (QED) is 0.772. The first-order valence-electron chi connectivity index (χ1n) is 8.42. The van der Waals surface area contributed by atoms with Crippen LogP contribution >= 0.6 is 0 Å². The average molecular weight is 337 g/mol. The van der Waals surface area contributed by atoms with E-state index >= 15 is 0 Å². The van der Waals surface area contributed by atoms with E-state index in [4.69, 9.17) is 0 Å². The zero-order valence-electron chi connectivity index (χ0n) is 14.0. The number of aromatic nitrogens is 6. The van der Waals surface area contributed by atoms with Crippen LogP contribution in [0.4, 0.5) is 0 Å².